The molecule has 0 N–H and O–H groups in total. The van der Waals surface area contributed by atoms with Crippen LogP contribution in [0.3, 0.4) is 0 Å². The Balaban J connectivity index is 0.000000214. The molecule has 0 aliphatic carbocycles. The molecule has 8 aromatic rings. The molecule has 1 unspecified atom stereocenters. The zero-order valence-corrected chi connectivity index (χ0v) is 39.8. The van der Waals surface area contributed by atoms with Crippen LogP contribution in [0.25, 0.3) is 44.3 Å². The number of aliphatic imine (C=N–C) groups is 1. The van der Waals surface area contributed by atoms with Gasteiger partial charge in [-0.1, -0.05) is 117 Å². The summed E-state index contributed by atoms with van der Waals surface area (Å²) in [7, 11) is 0. The number of pyridine rings is 1. The first-order chi connectivity index (χ1) is 27.9. The molecule has 59 heavy (non-hydrogen) atoms. The summed E-state index contributed by atoms with van der Waals surface area (Å²) in [6.07, 6.45) is 3.27. The van der Waals surface area contributed by atoms with Crippen molar-refractivity contribution in [1.82, 2.24) is 4.98 Å². The summed E-state index contributed by atoms with van der Waals surface area (Å²) in [5, 5.41) is 2.21. The first kappa shape index (κ1) is 42.3. The van der Waals surface area contributed by atoms with Crippen molar-refractivity contribution in [2.24, 2.45) is 10.9 Å². The summed E-state index contributed by atoms with van der Waals surface area (Å²) in [6, 6.07) is 55.7. The smallest absolute Gasteiger partial charge is 0 e. The Morgan fingerprint density at radius 3 is 2.19 bits per heavy atom. The Morgan fingerprint density at radius 1 is 0.729 bits per heavy atom. The van der Waals surface area contributed by atoms with E-state index in [-0.39, 0.29) is 31.4 Å². The van der Waals surface area contributed by atoms with Gasteiger partial charge in [-0.2, -0.15) is 0 Å². The van der Waals surface area contributed by atoms with E-state index in [0.29, 0.717) is 5.92 Å². The average Bonchev–Trinajstić information content (AvgIpc) is 3.79. The molecule has 0 amide bonds. The van der Waals surface area contributed by atoms with E-state index < -0.39 is 13.3 Å². The van der Waals surface area contributed by atoms with Crippen LogP contribution in [-0.4, -0.2) is 24.0 Å². The Kier molecular flexibility index (Phi) is 12.5. The monoisotopic (exact) mass is 1010 g/mol. The molecule has 0 bridgehead atoms. The van der Waals surface area contributed by atoms with E-state index in [0.717, 1.165) is 56.6 Å². The summed E-state index contributed by atoms with van der Waals surface area (Å²) in [4.78, 5) is 9.93. The van der Waals surface area contributed by atoms with Gasteiger partial charge in [0.2, 0.25) is 0 Å². The second kappa shape index (κ2) is 17.4. The molecular weight excluding hydrogens is 957 g/mol. The molecule has 9 rings (SSSR count). The van der Waals surface area contributed by atoms with Crippen LogP contribution in [0.2, 0.25) is 17.3 Å². The predicted molar refractivity (Wildman–Crippen MR) is 248 cm³/mol. The summed E-state index contributed by atoms with van der Waals surface area (Å²) in [5.74, 6) is 7.96. The normalized spacial score (nSPS) is 13.8. The topological polar surface area (TPSA) is 38.4 Å². The fraction of sp³-hybridized carbons (Fsp3) is 0.222. The van der Waals surface area contributed by atoms with E-state index in [4.69, 9.17) is 14.4 Å². The van der Waals surface area contributed by atoms with Gasteiger partial charge in [0.05, 0.1) is 11.3 Å². The van der Waals surface area contributed by atoms with Gasteiger partial charge >= 0.3 is 126 Å². The third-order valence-corrected chi connectivity index (χ3v) is 15.4. The van der Waals surface area contributed by atoms with Crippen LogP contribution < -0.4 is 4.40 Å². The van der Waals surface area contributed by atoms with Crippen molar-refractivity contribution in [3.05, 3.63) is 186 Å². The first-order valence-corrected chi connectivity index (χ1v) is 27.9. The molecule has 1 aliphatic rings. The van der Waals surface area contributed by atoms with E-state index >= 15 is 0 Å². The van der Waals surface area contributed by atoms with Gasteiger partial charge in [-0.3, -0.25) is 4.99 Å². The molecule has 3 heterocycles. The molecule has 0 saturated heterocycles. The Hall–Kier alpha value is -4.87. The molecule has 0 spiro atoms. The Labute approximate surface area is 366 Å². The summed E-state index contributed by atoms with van der Waals surface area (Å²) >= 11 is -1.86. The van der Waals surface area contributed by atoms with Crippen molar-refractivity contribution in [3.8, 4) is 22.4 Å². The third-order valence-electron chi connectivity index (χ3n) is 11.1. The van der Waals surface area contributed by atoms with Gasteiger partial charge in [0.1, 0.15) is 5.58 Å². The van der Waals surface area contributed by atoms with Gasteiger partial charge in [0.15, 0.2) is 0 Å². The van der Waals surface area contributed by atoms with E-state index in [2.05, 4.69) is 173 Å². The zero-order valence-electron chi connectivity index (χ0n) is 35.4. The summed E-state index contributed by atoms with van der Waals surface area (Å²) < 4.78 is 7.99. The first-order valence-electron chi connectivity index (χ1n) is 20.5. The minimum absolute atomic E-state index is 0. The minimum Gasteiger partial charge on any atom is 0 e. The fourth-order valence-electron chi connectivity index (χ4n) is 8.19. The van der Waals surface area contributed by atoms with E-state index in [9.17, 15) is 0 Å². The standard InChI is InChI=1S/C36H28NO.C18H24GeN.Ir/c1-36(2,3)24-20-21-26(30(22-24)23-12-5-4-6-13-23)33-28-15-7-9-18-31(28)37-34(33)29-17-11-16-27-25-14-8-10-19-32(25)38-35(27)29;1-14(2)11-16-12-18(15-9-7-6-8-10-15)20-13-17(16)19(3,4)5;/h4-16,18-22,33H,1-3H3;6-9,12-14H,11H2,1-5H3;/q2*-1;. The van der Waals surface area contributed by atoms with Gasteiger partial charge < -0.3 is 4.42 Å². The molecule has 1 radical (unpaired) electrons. The summed E-state index contributed by atoms with van der Waals surface area (Å²) in [5.41, 5.74) is 14.6. The Bertz CT molecular complexity index is 2750. The van der Waals surface area contributed by atoms with Crippen LogP contribution in [0.5, 0.6) is 0 Å². The number of furan rings is 1. The van der Waals surface area contributed by atoms with Crippen LogP contribution in [0.1, 0.15) is 68.4 Å². The number of para-hydroxylation sites is 2. The second-order valence-electron chi connectivity index (χ2n) is 18.0. The number of aromatic nitrogens is 1. The maximum atomic E-state index is 6.45. The van der Waals surface area contributed by atoms with Crippen LogP contribution in [0.15, 0.2) is 155 Å². The van der Waals surface area contributed by atoms with Gasteiger partial charge in [-0.15, -0.1) is 18.2 Å². The SMILES string of the molecule is CC(C)(C)c1ccc(C2C(c3[c-]ccc4c3oc3ccccc34)=Nc3ccccc32)c(-c2ccccc2)c1.CC(C)Cc1cc(-c2[c-]cccc2)nc[c]1[Ge]([CH3])([CH3])[CH3].[Ir]. The molecule has 0 saturated carbocycles. The van der Waals surface area contributed by atoms with Gasteiger partial charge in [-0.05, 0) is 51.1 Å². The van der Waals surface area contributed by atoms with Gasteiger partial charge in [0.25, 0.3) is 0 Å². The van der Waals surface area contributed by atoms with Crippen molar-refractivity contribution in [2.45, 2.75) is 69.6 Å². The molecule has 2 aromatic heterocycles. The van der Waals surface area contributed by atoms with Crippen molar-refractivity contribution >= 4 is 51.0 Å². The molecule has 6 aromatic carbocycles. The molecule has 0 fully saturated rings. The van der Waals surface area contributed by atoms with Crippen molar-refractivity contribution < 1.29 is 24.5 Å². The molecule has 1 atom stereocenters. The van der Waals surface area contributed by atoms with Crippen LogP contribution >= 0.6 is 0 Å². The molecule has 3 nitrogen and oxygen atoms in total. The number of rotatable bonds is 7. The number of nitrogens with zero attached hydrogens (tertiary/aromatic N) is 2. The Morgan fingerprint density at radius 2 is 1.46 bits per heavy atom. The second-order valence-corrected chi connectivity index (χ2v) is 28.5. The predicted octanol–water partition coefficient (Wildman–Crippen LogP) is 13.9. The number of hydrogen-bond acceptors (Lipinski definition) is 3. The third kappa shape index (κ3) is 8.87. The molecule has 299 valence electrons. The van der Waals surface area contributed by atoms with E-state index in [1.807, 2.05) is 36.4 Å². The number of hydrogen-bond donors (Lipinski definition) is 0. The minimum atomic E-state index is -1.86. The molecule has 5 heteroatoms. The fourth-order valence-corrected chi connectivity index (χ4v) is 11.5. The van der Waals surface area contributed by atoms with E-state index in [1.165, 1.54) is 33.4 Å². The van der Waals surface area contributed by atoms with Gasteiger partial charge in [-0.25, -0.2) is 0 Å². The average molecular weight is 1010 g/mol. The molecular formula is C54H52GeIrN2O-2. The number of benzene rings is 6. The quantitative estimate of drug-likeness (QED) is 0.118. The van der Waals surface area contributed by atoms with Crippen LogP contribution in [0, 0.1) is 18.1 Å². The maximum Gasteiger partial charge on any atom is 0 e. The van der Waals surface area contributed by atoms with Crippen molar-refractivity contribution in [3.63, 3.8) is 0 Å². The zero-order chi connectivity index (χ0) is 40.6. The summed E-state index contributed by atoms with van der Waals surface area (Å²) in [6.45, 7) is 11.4. The van der Waals surface area contributed by atoms with Crippen molar-refractivity contribution in [1.29, 1.82) is 0 Å². The maximum absolute atomic E-state index is 6.45. The number of fused-ring (bicyclic) bond motifs is 4. The largest absolute Gasteiger partial charge is 0 e. The van der Waals surface area contributed by atoms with Crippen LogP contribution in [-0.2, 0) is 31.9 Å². The van der Waals surface area contributed by atoms with Crippen molar-refractivity contribution in [2.75, 3.05) is 0 Å². The van der Waals surface area contributed by atoms with Gasteiger partial charge in [0, 0.05) is 31.4 Å². The van der Waals surface area contributed by atoms with E-state index in [1.54, 1.807) is 4.40 Å². The molecule has 1 aliphatic heterocycles. The van der Waals surface area contributed by atoms with Crippen LogP contribution in [0.4, 0.5) is 5.69 Å².